The first-order valence-corrected chi connectivity index (χ1v) is 8.76. The Labute approximate surface area is 126 Å². The van der Waals surface area contributed by atoms with Crippen molar-refractivity contribution in [1.29, 1.82) is 0 Å². The van der Waals surface area contributed by atoms with E-state index in [2.05, 4.69) is 0 Å². The number of rotatable bonds is 5. The van der Waals surface area contributed by atoms with E-state index in [1.807, 2.05) is 0 Å². The molecule has 1 heterocycles. The summed E-state index contributed by atoms with van der Waals surface area (Å²) >= 11 is 7.30. The maximum absolute atomic E-state index is 12.3. The first-order valence-electron chi connectivity index (χ1n) is 5.78. The topological polar surface area (TPSA) is 80.7 Å². The van der Waals surface area contributed by atoms with Gasteiger partial charge >= 0.3 is 5.97 Å². The van der Waals surface area contributed by atoms with Crippen LogP contribution in [0.3, 0.4) is 0 Å². The molecule has 1 unspecified atom stereocenters. The van der Waals surface area contributed by atoms with Gasteiger partial charge in [0.1, 0.15) is 4.58 Å². The smallest absolute Gasteiger partial charge is 0.337 e. The zero-order valence-electron chi connectivity index (χ0n) is 10.6. The van der Waals surface area contributed by atoms with Gasteiger partial charge in [-0.05, 0) is 17.7 Å². The van der Waals surface area contributed by atoms with Crippen LogP contribution in [-0.2, 0) is 21.0 Å². The van der Waals surface area contributed by atoms with E-state index in [-0.39, 0.29) is 21.9 Å². The number of sulfone groups is 1. The Morgan fingerprint density at radius 2 is 2.25 bits per heavy atom. The summed E-state index contributed by atoms with van der Waals surface area (Å²) in [6.07, 6.45) is 0.228. The Bertz CT molecular complexity index is 641. The molecule has 5 nitrogen and oxygen atoms in total. The predicted octanol–water partition coefficient (Wildman–Crippen LogP) is 2.07. The van der Waals surface area contributed by atoms with Gasteiger partial charge in [0, 0.05) is 19.3 Å². The van der Waals surface area contributed by atoms with Gasteiger partial charge in [0.25, 0.3) is 0 Å². The van der Waals surface area contributed by atoms with Crippen molar-refractivity contribution in [1.82, 2.24) is 0 Å². The highest BCUT2D eigenvalue weighted by Crippen LogP contribution is 2.41. The molecule has 8 heteroatoms. The molecule has 1 aromatic carbocycles. The van der Waals surface area contributed by atoms with E-state index in [4.69, 9.17) is 21.4 Å². The molecule has 1 aromatic rings. The van der Waals surface area contributed by atoms with Crippen LogP contribution in [0.1, 0.15) is 15.9 Å². The lowest BCUT2D eigenvalue weighted by atomic mass is 10.1. The molecule has 0 aliphatic carbocycles. The quantitative estimate of drug-likeness (QED) is 0.829. The number of aromatic carboxylic acids is 1. The van der Waals surface area contributed by atoms with Crippen LogP contribution < -0.4 is 0 Å². The van der Waals surface area contributed by atoms with Crippen molar-refractivity contribution >= 4 is 39.2 Å². The highest BCUT2D eigenvalue weighted by molar-refractivity contribution is 8.13. The molecule has 0 saturated carbocycles. The minimum absolute atomic E-state index is 0.0217. The number of hydrogen-bond donors (Lipinski definition) is 1. The molecule has 0 saturated heterocycles. The zero-order chi connectivity index (χ0) is 14.9. The molecule has 0 aromatic heterocycles. The minimum Gasteiger partial charge on any atom is -0.478 e. The van der Waals surface area contributed by atoms with Crippen LogP contribution in [0.5, 0.6) is 0 Å². The van der Waals surface area contributed by atoms with E-state index in [9.17, 15) is 13.2 Å². The largest absolute Gasteiger partial charge is 0.478 e. The molecular weight excluding hydrogens is 324 g/mol. The maximum Gasteiger partial charge on any atom is 0.337 e. The third kappa shape index (κ3) is 2.67. The van der Waals surface area contributed by atoms with Crippen LogP contribution in [0.2, 0.25) is 5.02 Å². The number of thioether (sulfide) groups is 1. The van der Waals surface area contributed by atoms with Crippen molar-refractivity contribution < 1.29 is 23.1 Å². The van der Waals surface area contributed by atoms with Crippen LogP contribution in [-0.4, -0.2) is 43.5 Å². The Kier molecular flexibility index (Phi) is 4.63. The molecule has 1 atom stereocenters. The number of halogens is 1. The Morgan fingerprint density at radius 3 is 2.85 bits per heavy atom. The van der Waals surface area contributed by atoms with E-state index in [0.29, 0.717) is 17.9 Å². The van der Waals surface area contributed by atoms with E-state index >= 15 is 0 Å². The molecule has 2 rings (SSSR count). The van der Waals surface area contributed by atoms with Crippen molar-refractivity contribution in [2.24, 2.45) is 0 Å². The first kappa shape index (κ1) is 15.6. The highest BCUT2D eigenvalue weighted by atomic mass is 35.5. The second kappa shape index (κ2) is 5.93. The fraction of sp³-hybridized carbons (Fsp3) is 0.417. The lowest BCUT2D eigenvalue weighted by Crippen LogP contribution is -2.14. The minimum atomic E-state index is -3.46. The molecule has 0 bridgehead atoms. The number of hydrogen-bond acceptors (Lipinski definition) is 5. The van der Waals surface area contributed by atoms with Crippen molar-refractivity contribution in [2.75, 3.05) is 19.5 Å². The van der Waals surface area contributed by atoms with E-state index in [1.54, 1.807) is 7.11 Å². The predicted molar refractivity (Wildman–Crippen MR) is 77.4 cm³/mol. The van der Waals surface area contributed by atoms with Gasteiger partial charge in [0.05, 0.1) is 22.1 Å². The second-order valence-corrected chi connectivity index (χ2v) is 8.34. The number of carbonyl (C=O) groups is 1. The van der Waals surface area contributed by atoms with Crippen molar-refractivity contribution in [3.63, 3.8) is 0 Å². The average Bonchev–Trinajstić information content (AvgIpc) is 2.63. The number of ether oxygens (including phenoxy) is 1. The lowest BCUT2D eigenvalue weighted by molar-refractivity contribution is 0.0697. The Morgan fingerprint density at radius 1 is 1.55 bits per heavy atom. The molecule has 1 aliphatic heterocycles. The van der Waals surface area contributed by atoms with Crippen LogP contribution in [0.15, 0.2) is 17.0 Å². The summed E-state index contributed by atoms with van der Waals surface area (Å²) in [7, 11) is -1.91. The Hall–Kier alpha value is -0.760. The Balaban J connectivity index is 2.36. The fourth-order valence-corrected chi connectivity index (χ4v) is 6.02. The van der Waals surface area contributed by atoms with E-state index < -0.39 is 20.4 Å². The number of carboxylic acids is 1. The maximum atomic E-state index is 12.3. The van der Waals surface area contributed by atoms with Crippen molar-refractivity contribution in [3.05, 3.63) is 28.3 Å². The highest BCUT2D eigenvalue weighted by Gasteiger charge is 2.39. The van der Waals surface area contributed by atoms with Gasteiger partial charge in [-0.2, -0.15) is 0 Å². The van der Waals surface area contributed by atoms with Crippen LogP contribution in [0.25, 0.3) is 0 Å². The van der Waals surface area contributed by atoms with Gasteiger partial charge in [0.2, 0.25) is 0 Å². The third-order valence-corrected chi connectivity index (χ3v) is 7.44. The molecule has 1 N–H and O–H groups in total. The standard InChI is InChI=1S/C12H13ClO5S2/c1-18-4-5-19-10-6-8-9(20(10,16)17)3-2-7(11(8)13)12(14)15/h2-3,10H,4-6H2,1H3,(H,14,15). The zero-order valence-corrected chi connectivity index (χ0v) is 13.0. The monoisotopic (exact) mass is 336 g/mol. The normalized spacial score (nSPS) is 19.8. The van der Waals surface area contributed by atoms with Gasteiger partial charge in [-0.25, -0.2) is 13.2 Å². The fourth-order valence-electron chi connectivity index (χ4n) is 2.05. The summed E-state index contributed by atoms with van der Waals surface area (Å²) in [6.45, 7) is 0.459. The number of carboxylic acid groups (broad SMARTS) is 1. The molecule has 0 radical (unpaired) electrons. The van der Waals surface area contributed by atoms with E-state index in [1.165, 1.54) is 23.9 Å². The van der Waals surface area contributed by atoms with Crippen LogP contribution in [0.4, 0.5) is 0 Å². The van der Waals surface area contributed by atoms with Crippen molar-refractivity contribution in [2.45, 2.75) is 15.9 Å². The summed E-state index contributed by atoms with van der Waals surface area (Å²) in [5.41, 5.74) is 0.338. The van der Waals surface area contributed by atoms with Gasteiger partial charge in [-0.15, -0.1) is 11.8 Å². The first-order chi connectivity index (χ1) is 9.39. The summed E-state index contributed by atoms with van der Waals surface area (Å²) in [5.74, 6) is -0.608. The molecule has 0 amide bonds. The van der Waals surface area contributed by atoms with Crippen LogP contribution >= 0.6 is 23.4 Å². The third-order valence-electron chi connectivity index (χ3n) is 3.05. The lowest BCUT2D eigenvalue weighted by Gasteiger charge is -2.08. The van der Waals surface area contributed by atoms with Gasteiger partial charge < -0.3 is 9.84 Å². The van der Waals surface area contributed by atoms with Gasteiger partial charge in [-0.1, -0.05) is 11.6 Å². The average molecular weight is 337 g/mol. The van der Waals surface area contributed by atoms with Gasteiger partial charge in [0.15, 0.2) is 9.84 Å². The summed E-state index contributed by atoms with van der Waals surface area (Å²) < 4.78 is 29.0. The van der Waals surface area contributed by atoms with Gasteiger partial charge in [-0.3, -0.25) is 0 Å². The van der Waals surface area contributed by atoms with E-state index in [0.717, 1.165) is 0 Å². The number of methoxy groups -OCH3 is 1. The summed E-state index contributed by atoms with van der Waals surface area (Å²) in [5, 5.41) is 9.03. The number of fused-ring (bicyclic) bond motifs is 1. The molecule has 110 valence electrons. The molecule has 20 heavy (non-hydrogen) atoms. The summed E-state index contributed by atoms with van der Waals surface area (Å²) in [6, 6.07) is 2.57. The number of benzene rings is 1. The molecular formula is C12H13ClO5S2. The molecule has 1 aliphatic rings. The molecule has 0 spiro atoms. The van der Waals surface area contributed by atoms with Crippen LogP contribution in [0, 0.1) is 0 Å². The summed E-state index contributed by atoms with van der Waals surface area (Å²) in [4.78, 5) is 11.2. The molecule has 0 fully saturated rings. The SMILES string of the molecule is COCCSC1Cc2c(ccc(C(=O)O)c2Cl)S1(=O)=O. The van der Waals surface area contributed by atoms with Crippen molar-refractivity contribution in [3.8, 4) is 0 Å². The second-order valence-electron chi connectivity index (χ2n) is 4.25.